The van der Waals surface area contributed by atoms with Crippen LogP contribution in [0.5, 0.6) is 0 Å². The van der Waals surface area contributed by atoms with Crippen LogP contribution in [0.2, 0.25) is 0 Å². The van der Waals surface area contributed by atoms with E-state index in [4.69, 9.17) is 4.74 Å². The Labute approximate surface area is 198 Å². The number of nitrogens with zero attached hydrogens (tertiary/aromatic N) is 1. The molecule has 7 nitrogen and oxygen atoms in total. The molecular weight excluding hydrogens is 588 g/mol. The summed E-state index contributed by atoms with van der Waals surface area (Å²) in [7, 11) is 0. The second-order valence-corrected chi connectivity index (χ2v) is 11.0. The van der Waals surface area contributed by atoms with Crippen molar-refractivity contribution in [1.29, 1.82) is 0 Å². The van der Waals surface area contributed by atoms with E-state index < -0.39 is 25.0 Å². The van der Waals surface area contributed by atoms with Gasteiger partial charge in [0.1, 0.15) is 6.54 Å². The van der Waals surface area contributed by atoms with Crippen LogP contribution in [0, 0.1) is 30.6 Å². The van der Waals surface area contributed by atoms with E-state index in [1.54, 1.807) is 12.1 Å². The number of fused-ring (bicyclic) bond motifs is 5. The SMILES string of the molecule is Cc1cc(Br)ccc1NC(=O)COC(=O)CN1C(=O)[C@@H]2[C@H]3C[C@@H]([C@@H](Br)[C@H]3Br)[C@H]2C1=O. The van der Waals surface area contributed by atoms with Gasteiger partial charge < -0.3 is 10.1 Å². The van der Waals surface area contributed by atoms with Crippen LogP contribution in [0.25, 0.3) is 0 Å². The van der Waals surface area contributed by atoms with E-state index in [2.05, 4.69) is 53.1 Å². The maximum absolute atomic E-state index is 12.8. The zero-order valence-corrected chi connectivity index (χ0v) is 20.7. The summed E-state index contributed by atoms with van der Waals surface area (Å²) >= 11 is 10.6. The third kappa shape index (κ3) is 3.75. The number of halogens is 3. The molecule has 0 radical (unpaired) electrons. The molecule has 1 heterocycles. The number of aryl methyl sites for hydroxylation is 1. The van der Waals surface area contributed by atoms with E-state index in [0.717, 1.165) is 21.4 Å². The number of benzene rings is 1. The molecule has 2 bridgehead atoms. The number of nitrogens with one attached hydrogen (secondary N) is 1. The van der Waals surface area contributed by atoms with Gasteiger partial charge in [0.05, 0.1) is 11.8 Å². The van der Waals surface area contributed by atoms with Gasteiger partial charge in [0.15, 0.2) is 6.61 Å². The number of carbonyl (C=O) groups is 4. The number of carbonyl (C=O) groups excluding carboxylic acids is 4. The average molecular weight is 607 g/mol. The fraction of sp³-hybridized carbons (Fsp3) is 0.500. The number of amides is 3. The molecule has 1 aromatic rings. The molecule has 6 atom stereocenters. The van der Waals surface area contributed by atoms with E-state index in [9.17, 15) is 19.2 Å². The molecule has 1 aliphatic heterocycles. The summed E-state index contributed by atoms with van der Waals surface area (Å²) in [6.45, 7) is 0.889. The van der Waals surface area contributed by atoms with Crippen LogP contribution < -0.4 is 5.32 Å². The largest absolute Gasteiger partial charge is 0.454 e. The standard InChI is InChI=1S/C20H19Br3N2O5/c1-8-4-9(21)2-3-12(8)24-13(26)7-30-14(27)6-25-19(28)15-10-5-11(16(15)20(25)29)18(23)17(10)22/h2-4,10-11,15-18H,5-7H2,1H3,(H,24,26)/t10-,11-,15-,16-,17-,18+/m1/s1. The molecule has 0 unspecified atom stereocenters. The van der Waals surface area contributed by atoms with Crippen molar-refractivity contribution in [3.8, 4) is 0 Å². The highest BCUT2D eigenvalue weighted by atomic mass is 79.9. The first-order valence-electron chi connectivity index (χ1n) is 9.54. The number of hydrogen-bond donors (Lipinski definition) is 1. The van der Waals surface area contributed by atoms with Gasteiger partial charge >= 0.3 is 5.97 Å². The van der Waals surface area contributed by atoms with Gasteiger partial charge in [0.25, 0.3) is 5.91 Å². The van der Waals surface area contributed by atoms with Crippen LogP contribution in [-0.4, -0.2) is 51.4 Å². The minimum atomic E-state index is -0.780. The van der Waals surface area contributed by atoms with E-state index in [-0.39, 0.29) is 45.1 Å². The van der Waals surface area contributed by atoms with Crippen LogP contribution >= 0.6 is 47.8 Å². The second-order valence-electron chi connectivity index (χ2n) is 7.93. The van der Waals surface area contributed by atoms with Crippen molar-refractivity contribution in [3.63, 3.8) is 0 Å². The van der Waals surface area contributed by atoms with E-state index in [0.29, 0.717) is 5.69 Å². The number of hydrogen-bond acceptors (Lipinski definition) is 5. The molecule has 1 saturated heterocycles. The molecule has 2 saturated carbocycles. The second kappa shape index (κ2) is 8.35. The van der Waals surface area contributed by atoms with Gasteiger partial charge in [-0.3, -0.25) is 24.1 Å². The molecular formula is C20H19Br3N2O5. The summed E-state index contributed by atoms with van der Waals surface area (Å²) in [5.74, 6) is -2.48. The Morgan fingerprint density at radius 3 is 2.30 bits per heavy atom. The van der Waals surface area contributed by atoms with Crippen molar-refractivity contribution in [1.82, 2.24) is 4.90 Å². The summed E-state index contributed by atoms with van der Waals surface area (Å²) < 4.78 is 5.90. The topological polar surface area (TPSA) is 92.8 Å². The Morgan fingerprint density at radius 1 is 1.13 bits per heavy atom. The first-order chi connectivity index (χ1) is 14.2. The number of alkyl halides is 2. The van der Waals surface area contributed by atoms with Gasteiger partial charge in [-0.2, -0.15) is 0 Å². The molecule has 3 aliphatic rings. The normalized spacial score (nSPS) is 31.8. The lowest BCUT2D eigenvalue weighted by Gasteiger charge is -2.28. The van der Waals surface area contributed by atoms with Crippen molar-refractivity contribution >= 4 is 77.2 Å². The fourth-order valence-electron chi connectivity index (χ4n) is 4.84. The molecule has 1 N–H and O–H groups in total. The number of ether oxygens (including phenoxy) is 1. The van der Waals surface area contributed by atoms with Gasteiger partial charge in [-0.1, -0.05) is 47.8 Å². The highest BCUT2D eigenvalue weighted by Gasteiger charge is 2.66. The van der Waals surface area contributed by atoms with Crippen LogP contribution in [0.15, 0.2) is 22.7 Å². The lowest BCUT2D eigenvalue weighted by Crippen LogP contribution is -2.38. The molecule has 3 fully saturated rings. The smallest absolute Gasteiger partial charge is 0.326 e. The maximum atomic E-state index is 12.8. The molecule has 1 aromatic carbocycles. The highest BCUT2D eigenvalue weighted by molar-refractivity contribution is 9.12. The minimum Gasteiger partial charge on any atom is -0.454 e. The van der Waals surface area contributed by atoms with E-state index in [1.165, 1.54) is 0 Å². The Kier molecular flexibility index (Phi) is 6.11. The van der Waals surface area contributed by atoms with E-state index in [1.807, 2.05) is 13.0 Å². The van der Waals surface area contributed by atoms with Crippen molar-refractivity contribution in [3.05, 3.63) is 28.2 Å². The first kappa shape index (κ1) is 22.0. The van der Waals surface area contributed by atoms with Crippen LogP contribution in [-0.2, 0) is 23.9 Å². The molecule has 10 heteroatoms. The number of likely N-dealkylation sites (tertiary alicyclic amines) is 1. The first-order valence-corrected chi connectivity index (χ1v) is 12.2. The highest BCUT2D eigenvalue weighted by Crippen LogP contribution is 2.60. The lowest BCUT2D eigenvalue weighted by atomic mass is 9.81. The van der Waals surface area contributed by atoms with Gasteiger partial charge in [-0.15, -0.1) is 0 Å². The number of esters is 1. The van der Waals surface area contributed by atoms with Crippen molar-refractivity contribution in [2.45, 2.75) is 23.0 Å². The van der Waals surface area contributed by atoms with Crippen molar-refractivity contribution in [2.24, 2.45) is 23.7 Å². The Morgan fingerprint density at radius 2 is 1.73 bits per heavy atom. The maximum Gasteiger partial charge on any atom is 0.326 e. The summed E-state index contributed by atoms with van der Waals surface area (Å²) in [4.78, 5) is 51.2. The number of rotatable bonds is 5. The van der Waals surface area contributed by atoms with E-state index >= 15 is 0 Å². The molecule has 30 heavy (non-hydrogen) atoms. The average Bonchev–Trinajstić information content (AvgIpc) is 3.29. The number of imide groups is 1. The molecule has 4 rings (SSSR count). The quantitative estimate of drug-likeness (QED) is 0.316. The zero-order valence-electron chi connectivity index (χ0n) is 15.9. The predicted octanol–water partition coefficient (Wildman–Crippen LogP) is 3.02. The van der Waals surface area contributed by atoms with Gasteiger partial charge in [0.2, 0.25) is 11.8 Å². The molecule has 3 amide bonds. The number of anilines is 1. The Bertz CT molecular complexity index is 907. The van der Waals surface area contributed by atoms with Crippen LogP contribution in [0.4, 0.5) is 5.69 Å². The van der Waals surface area contributed by atoms with Crippen LogP contribution in [0.3, 0.4) is 0 Å². The molecule has 160 valence electrons. The summed E-state index contributed by atoms with van der Waals surface area (Å²) in [5, 5.41) is 2.67. The molecule has 0 aromatic heterocycles. The lowest BCUT2D eigenvalue weighted by molar-refractivity contribution is -0.154. The third-order valence-electron chi connectivity index (χ3n) is 6.19. The zero-order chi connectivity index (χ0) is 21.7. The molecule has 2 aliphatic carbocycles. The van der Waals surface area contributed by atoms with Gasteiger partial charge in [0, 0.05) is 19.8 Å². The minimum absolute atomic E-state index is 0.0850. The Hall–Kier alpha value is -1.26. The summed E-state index contributed by atoms with van der Waals surface area (Å²) in [6.07, 6.45) is 0.826. The predicted molar refractivity (Wildman–Crippen MR) is 119 cm³/mol. The van der Waals surface area contributed by atoms with Gasteiger partial charge in [-0.05, 0) is 48.9 Å². The Balaban J connectivity index is 1.32. The summed E-state index contributed by atoms with van der Waals surface area (Å²) in [6, 6.07) is 5.38. The van der Waals surface area contributed by atoms with Crippen molar-refractivity contribution in [2.75, 3.05) is 18.5 Å². The van der Waals surface area contributed by atoms with Gasteiger partial charge in [-0.25, -0.2) is 0 Å². The molecule has 0 spiro atoms. The third-order valence-corrected chi connectivity index (χ3v) is 9.89. The fourth-order valence-corrected chi connectivity index (χ4v) is 7.19. The monoisotopic (exact) mass is 604 g/mol. The van der Waals surface area contributed by atoms with Crippen molar-refractivity contribution < 1.29 is 23.9 Å². The summed E-state index contributed by atoms with van der Waals surface area (Å²) in [5.41, 5.74) is 1.47. The van der Waals surface area contributed by atoms with Crippen LogP contribution in [0.1, 0.15) is 12.0 Å².